The number of nitrogens with zero attached hydrogens (tertiary/aromatic N) is 3. The van der Waals surface area contributed by atoms with Crippen molar-refractivity contribution in [1.82, 2.24) is 19.8 Å². The largest absolute Gasteiger partial charge is 0.337 e. The van der Waals surface area contributed by atoms with Crippen LogP contribution in [0.2, 0.25) is 0 Å². The molecule has 0 radical (unpaired) electrons. The predicted molar refractivity (Wildman–Crippen MR) is 65.1 cm³/mol. The predicted octanol–water partition coefficient (Wildman–Crippen LogP) is 0.851. The zero-order valence-electron chi connectivity index (χ0n) is 10.3. The molecule has 1 aliphatic rings. The van der Waals surface area contributed by atoms with Crippen molar-refractivity contribution in [3.63, 3.8) is 0 Å². The normalized spacial score (nSPS) is 22.5. The molecule has 90 valence electrons. The second kappa shape index (κ2) is 5.46. The van der Waals surface area contributed by atoms with Gasteiger partial charge in [0.1, 0.15) is 5.82 Å². The molecule has 1 aromatic rings. The maximum Gasteiger partial charge on any atom is 0.122 e. The molecular weight excluding hydrogens is 200 g/mol. The third-order valence-electron chi connectivity index (χ3n) is 3.36. The van der Waals surface area contributed by atoms with Crippen molar-refractivity contribution >= 4 is 0 Å². The highest BCUT2D eigenvalue weighted by atomic mass is 15.1. The van der Waals surface area contributed by atoms with Gasteiger partial charge >= 0.3 is 0 Å². The lowest BCUT2D eigenvalue weighted by atomic mass is 9.98. The lowest BCUT2D eigenvalue weighted by Crippen LogP contribution is -2.37. The molecule has 16 heavy (non-hydrogen) atoms. The monoisotopic (exact) mass is 222 g/mol. The van der Waals surface area contributed by atoms with Gasteiger partial charge in [-0.3, -0.25) is 0 Å². The van der Waals surface area contributed by atoms with Crippen molar-refractivity contribution in [1.29, 1.82) is 0 Å². The molecule has 1 saturated heterocycles. The molecule has 1 fully saturated rings. The first kappa shape index (κ1) is 11.6. The molecule has 1 N–H and O–H groups in total. The Kier molecular flexibility index (Phi) is 3.96. The Labute approximate surface area is 97.7 Å². The molecule has 2 heterocycles. The van der Waals surface area contributed by atoms with Crippen LogP contribution in [0.1, 0.15) is 18.7 Å². The number of aromatic nitrogens is 2. The fourth-order valence-electron chi connectivity index (χ4n) is 2.39. The number of rotatable bonds is 4. The van der Waals surface area contributed by atoms with Gasteiger partial charge in [0.2, 0.25) is 0 Å². The highest BCUT2D eigenvalue weighted by Crippen LogP contribution is 2.13. The van der Waals surface area contributed by atoms with Crippen LogP contribution in [0, 0.1) is 5.92 Å². The van der Waals surface area contributed by atoms with Gasteiger partial charge in [-0.15, -0.1) is 0 Å². The quantitative estimate of drug-likeness (QED) is 0.820. The van der Waals surface area contributed by atoms with Crippen molar-refractivity contribution in [2.75, 3.05) is 26.7 Å². The Hall–Kier alpha value is -0.870. The number of hydrogen-bond donors (Lipinski definition) is 1. The number of imidazole rings is 1. The van der Waals surface area contributed by atoms with Crippen LogP contribution in [0.15, 0.2) is 12.4 Å². The first-order valence-corrected chi connectivity index (χ1v) is 6.11. The van der Waals surface area contributed by atoms with Crippen molar-refractivity contribution in [3.05, 3.63) is 18.2 Å². The van der Waals surface area contributed by atoms with Gasteiger partial charge < -0.3 is 14.8 Å². The summed E-state index contributed by atoms with van der Waals surface area (Å²) in [6.07, 6.45) is 6.54. The molecule has 4 nitrogen and oxygen atoms in total. The van der Waals surface area contributed by atoms with Crippen molar-refractivity contribution in [2.45, 2.75) is 19.4 Å². The summed E-state index contributed by atoms with van der Waals surface area (Å²) in [7, 11) is 4.25. The lowest BCUT2D eigenvalue weighted by molar-refractivity contribution is 0.206. The second-order valence-corrected chi connectivity index (χ2v) is 4.86. The first-order chi connectivity index (χ1) is 7.75. The van der Waals surface area contributed by atoms with Crippen LogP contribution in [0.3, 0.4) is 0 Å². The Balaban J connectivity index is 1.70. The standard InChI is InChI=1S/C12H22N4/c1-15-6-3-4-11(10-15)8-13-9-12-14-5-7-16(12)2/h5,7,11,13H,3-4,6,8-10H2,1-2H3. The zero-order valence-corrected chi connectivity index (χ0v) is 10.3. The van der Waals surface area contributed by atoms with E-state index in [1.807, 2.05) is 19.4 Å². The lowest BCUT2D eigenvalue weighted by Gasteiger charge is -2.29. The Morgan fingerprint density at radius 3 is 3.06 bits per heavy atom. The van der Waals surface area contributed by atoms with E-state index in [2.05, 4.69) is 26.8 Å². The zero-order chi connectivity index (χ0) is 11.4. The maximum atomic E-state index is 4.30. The average Bonchev–Trinajstić information content (AvgIpc) is 2.65. The number of piperidine rings is 1. The van der Waals surface area contributed by atoms with Crippen molar-refractivity contribution < 1.29 is 0 Å². The molecule has 0 bridgehead atoms. The van der Waals surface area contributed by atoms with Crippen LogP contribution in [0.25, 0.3) is 0 Å². The summed E-state index contributed by atoms with van der Waals surface area (Å²) in [4.78, 5) is 6.73. The molecule has 0 aliphatic carbocycles. The molecule has 0 aromatic carbocycles. The van der Waals surface area contributed by atoms with Crippen molar-refractivity contribution in [2.24, 2.45) is 13.0 Å². The van der Waals surface area contributed by atoms with Gasteiger partial charge in [0.05, 0.1) is 6.54 Å². The van der Waals surface area contributed by atoms with E-state index in [9.17, 15) is 0 Å². The van der Waals surface area contributed by atoms with E-state index in [1.165, 1.54) is 25.9 Å². The van der Waals surface area contributed by atoms with Crippen LogP contribution in [-0.2, 0) is 13.6 Å². The number of likely N-dealkylation sites (tertiary alicyclic amines) is 1. The van der Waals surface area contributed by atoms with E-state index < -0.39 is 0 Å². The topological polar surface area (TPSA) is 33.1 Å². The Morgan fingerprint density at radius 2 is 2.38 bits per heavy atom. The van der Waals surface area contributed by atoms with Gasteiger partial charge in [0.25, 0.3) is 0 Å². The van der Waals surface area contributed by atoms with Crippen LogP contribution >= 0.6 is 0 Å². The Morgan fingerprint density at radius 1 is 1.50 bits per heavy atom. The van der Waals surface area contributed by atoms with E-state index in [0.29, 0.717) is 0 Å². The summed E-state index contributed by atoms with van der Waals surface area (Å²) >= 11 is 0. The van der Waals surface area contributed by atoms with Crippen molar-refractivity contribution in [3.8, 4) is 0 Å². The summed E-state index contributed by atoms with van der Waals surface area (Å²) in [5, 5.41) is 3.51. The highest BCUT2D eigenvalue weighted by molar-refractivity contribution is 4.90. The van der Waals surface area contributed by atoms with Crippen LogP contribution < -0.4 is 5.32 Å². The number of aryl methyl sites for hydroxylation is 1. The molecule has 4 heteroatoms. The molecule has 1 unspecified atom stereocenters. The van der Waals surface area contributed by atoms with Gasteiger partial charge in [0.15, 0.2) is 0 Å². The highest BCUT2D eigenvalue weighted by Gasteiger charge is 2.16. The third kappa shape index (κ3) is 3.06. The van der Waals surface area contributed by atoms with Crippen LogP contribution in [0.5, 0.6) is 0 Å². The van der Waals surface area contributed by atoms with E-state index in [0.717, 1.165) is 24.8 Å². The summed E-state index contributed by atoms with van der Waals surface area (Å²) in [6.45, 7) is 4.48. The fourth-order valence-corrected chi connectivity index (χ4v) is 2.39. The average molecular weight is 222 g/mol. The summed E-state index contributed by atoms with van der Waals surface area (Å²) in [5.41, 5.74) is 0. The van der Waals surface area contributed by atoms with Gasteiger partial charge in [-0.05, 0) is 38.9 Å². The van der Waals surface area contributed by atoms with E-state index in [1.54, 1.807) is 0 Å². The summed E-state index contributed by atoms with van der Waals surface area (Å²) in [6, 6.07) is 0. The minimum Gasteiger partial charge on any atom is -0.337 e. The molecule has 0 amide bonds. The summed E-state index contributed by atoms with van der Waals surface area (Å²) < 4.78 is 2.07. The van der Waals surface area contributed by atoms with E-state index >= 15 is 0 Å². The first-order valence-electron chi connectivity index (χ1n) is 6.11. The third-order valence-corrected chi connectivity index (χ3v) is 3.36. The minimum atomic E-state index is 0.805. The second-order valence-electron chi connectivity index (χ2n) is 4.86. The van der Waals surface area contributed by atoms with Gasteiger partial charge in [0, 0.05) is 26.0 Å². The molecule has 1 aliphatic heterocycles. The van der Waals surface area contributed by atoms with E-state index in [4.69, 9.17) is 0 Å². The number of hydrogen-bond acceptors (Lipinski definition) is 3. The van der Waals surface area contributed by atoms with Gasteiger partial charge in [-0.1, -0.05) is 0 Å². The molecule has 0 saturated carbocycles. The molecular formula is C12H22N4. The Bertz CT molecular complexity index is 321. The fraction of sp³-hybridized carbons (Fsp3) is 0.750. The minimum absolute atomic E-state index is 0.805. The van der Waals surface area contributed by atoms with Crippen LogP contribution in [-0.4, -0.2) is 41.1 Å². The molecule has 1 atom stereocenters. The smallest absolute Gasteiger partial charge is 0.122 e. The van der Waals surface area contributed by atoms with Crippen LogP contribution in [0.4, 0.5) is 0 Å². The SMILES string of the molecule is CN1CCCC(CNCc2nccn2C)C1. The van der Waals surface area contributed by atoms with Gasteiger partial charge in [-0.2, -0.15) is 0 Å². The molecule has 0 spiro atoms. The van der Waals surface area contributed by atoms with E-state index in [-0.39, 0.29) is 0 Å². The number of nitrogens with one attached hydrogen (secondary N) is 1. The van der Waals surface area contributed by atoms with Gasteiger partial charge in [-0.25, -0.2) is 4.98 Å². The molecule has 2 rings (SSSR count). The maximum absolute atomic E-state index is 4.30. The summed E-state index contributed by atoms with van der Waals surface area (Å²) in [5.74, 6) is 1.92. The molecule has 1 aromatic heterocycles.